The third-order valence-corrected chi connectivity index (χ3v) is 6.45. The summed E-state index contributed by atoms with van der Waals surface area (Å²) in [6.45, 7) is 0.268. The summed E-state index contributed by atoms with van der Waals surface area (Å²) in [4.78, 5) is 13.7. The van der Waals surface area contributed by atoms with Gasteiger partial charge < -0.3 is 24.1 Å². The fourth-order valence-corrected chi connectivity index (χ4v) is 4.71. The number of rotatable bonds is 5. The number of carbonyl (C=O) groups excluding carboxylic acids is 1. The maximum absolute atomic E-state index is 13.7. The van der Waals surface area contributed by atoms with Crippen LogP contribution in [-0.2, 0) is 6.54 Å². The number of hydrazone groups is 1. The third-order valence-electron chi connectivity index (χ3n) is 6.45. The number of hydrogen-bond acceptors (Lipinski definition) is 7. The number of nitrogens with zero attached hydrogens (tertiary/aromatic N) is 2. The summed E-state index contributed by atoms with van der Waals surface area (Å²) in [5, 5.41) is 18.3. The van der Waals surface area contributed by atoms with Crippen molar-refractivity contribution in [2.75, 3.05) is 21.0 Å². The van der Waals surface area contributed by atoms with Crippen LogP contribution < -0.4 is 18.9 Å². The highest BCUT2D eigenvalue weighted by atomic mass is 16.7. The Balaban J connectivity index is 1.58. The summed E-state index contributed by atoms with van der Waals surface area (Å²) in [5.74, 6) is 1.88. The summed E-state index contributed by atoms with van der Waals surface area (Å²) in [6, 6.07) is 18.6. The average molecular weight is 482 g/mol. The first-order valence-electron chi connectivity index (χ1n) is 11.3. The first-order chi connectivity index (χ1) is 17.6. The van der Waals surface area contributed by atoms with Gasteiger partial charge in [-0.2, -0.15) is 5.10 Å². The van der Waals surface area contributed by atoms with Crippen molar-refractivity contribution in [3.8, 4) is 39.9 Å². The molecule has 6 rings (SSSR count). The van der Waals surface area contributed by atoms with Crippen LogP contribution in [0.25, 0.3) is 21.9 Å². The van der Waals surface area contributed by atoms with Crippen LogP contribution in [0.4, 0.5) is 0 Å². The Morgan fingerprint density at radius 3 is 2.39 bits per heavy atom. The Kier molecular flexibility index (Phi) is 5.14. The molecule has 0 saturated heterocycles. The summed E-state index contributed by atoms with van der Waals surface area (Å²) >= 11 is 0. The van der Waals surface area contributed by atoms with Gasteiger partial charge in [0.05, 0.1) is 32.5 Å². The summed E-state index contributed by atoms with van der Waals surface area (Å²) in [6.07, 6.45) is 1.63. The largest absolute Gasteiger partial charge is 0.507 e. The SMILES string of the molecule is COc1cc2c(O)c3c(c(-c4ccc5c(c4)OCO5)c2cc1OC)C(=O)N(N=Cc1ccccc1)C3. The molecule has 2 aliphatic rings. The molecule has 180 valence electrons. The molecule has 0 aliphatic carbocycles. The topological polar surface area (TPSA) is 89.8 Å². The minimum absolute atomic E-state index is 0.0104. The maximum atomic E-state index is 13.7. The number of aromatic hydroxyl groups is 1. The van der Waals surface area contributed by atoms with Crippen LogP contribution >= 0.6 is 0 Å². The van der Waals surface area contributed by atoms with E-state index in [0.29, 0.717) is 50.5 Å². The predicted octanol–water partition coefficient (Wildman–Crippen LogP) is 4.95. The summed E-state index contributed by atoms with van der Waals surface area (Å²) < 4.78 is 22.1. The molecule has 4 aromatic rings. The van der Waals surface area contributed by atoms with Crippen LogP contribution in [0.15, 0.2) is 65.8 Å². The van der Waals surface area contributed by atoms with Crippen molar-refractivity contribution in [3.05, 3.63) is 77.4 Å². The van der Waals surface area contributed by atoms with E-state index in [2.05, 4.69) is 5.10 Å². The molecular formula is C28H22N2O6. The van der Waals surface area contributed by atoms with Gasteiger partial charge in [-0.1, -0.05) is 36.4 Å². The number of methoxy groups -OCH3 is 2. The van der Waals surface area contributed by atoms with Crippen molar-refractivity contribution in [3.63, 3.8) is 0 Å². The van der Waals surface area contributed by atoms with E-state index >= 15 is 0 Å². The number of benzene rings is 4. The van der Waals surface area contributed by atoms with Crippen molar-refractivity contribution in [1.29, 1.82) is 0 Å². The van der Waals surface area contributed by atoms with Crippen molar-refractivity contribution >= 4 is 22.9 Å². The lowest BCUT2D eigenvalue weighted by Crippen LogP contribution is -2.18. The van der Waals surface area contributed by atoms with Crippen LogP contribution in [0, 0.1) is 0 Å². The van der Waals surface area contributed by atoms with E-state index in [1.54, 1.807) is 25.5 Å². The number of phenols is 1. The van der Waals surface area contributed by atoms with E-state index in [-0.39, 0.29) is 25.0 Å². The Morgan fingerprint density at radius 1 is 0.917 bits per heavy atom. The van der Waals surface area contributed by atoms with Gasteiger partial charge in [-0.15, -0.1) is 0 Å². The second kappa shape index (κ2) is 8.49. The van der Waals surface area contributed by atoms with E-state index in [0.717, 1.165) is 11.1 Å². The van der Waals surface area contributed by atoms with Gasteiger partial charge >= 0.3 is 0 Å². The van der Waals surface area contributed by atoms with Crippen LogP contribution in [0.3, 0.4) is 0 Å². The van der Waals surface area contributed by atoms with Crippen molar-refractivity contribution in [2.24, 2.45) is 5.10 Å². The lowest BCUT2D eigenvalue weighted by molar-refractivity contribution is 0.0785. The Morgan fingerprint density at radius 2 is 1.64 bits per heavy atom. The fraction of sp³-hybridized carbons (Fsp3) is 0.143. The monoisotopic (exact) mass is 482 g/mol. The van der Waals surface area contributed by atoms with Gasteiger partial charge in [-0.25, -0.2) is 5.01 Å². The number of amides is 1. The van der Waals surface area contributed by atoms with Gasteiger partial charge in [0.2, 0.25) is 6.79 Å². The molecule has 2 heterocycles. The average Bonchev–Trinajstić information content (AvgIpc) is 3.52. The fourth-order valence-electron chi connectivity index (χ4n) is 4.71. The molecule has 8 nitrogen and oxygen atoms in total. The highest BCUT2D eigenvalue weighted by molar-refractivity contribution is 6.15. The van der Waals surface area contributed by atoms with E-state index in [1.807, 2.05) is 48.5 Å². The second-order valence-corrected chi connectivity index (χ2v) is 8.42. The van der Waals surface area contributed by atoms with Crippen LogP contribution in [0.1, 0.15) is 21.5 Å². The van der Waals surface area contributed by atoms with Crippen LogP contribution in [-0.4, -0.2) is 43.2 Å². The van der Waals surface area contributed by atoms with E-state index in [1.165, 1.54) is 12.1 Å². The van der Waals surface area contributed by atoms with Crippen molar-refractivity contribution in [1.82, 2.24) is 5.01 Å². The zero-order valence-corrected chi connectivity index (χ0v) is 19.6. The molecule has 36 heavy (non-hydrogen) atoms. The molecular weight excluding hydrogens is 460 g/mol. The highest BCUT2D eigenvalue weighted by Gasteiger charge is 2.36. The number of carbonyl (C=O) groups is 1. The first kappa shape index (κ1) is 21.8. The number of ether oxygens (including phenoxy) is 4. The highest BCUT2D eigenvalue weighted by Crippen LogP contribution is 2.49. The van der Waals surface area contributed by atoms with E-state index in [9.17, 15) is 9.90 Å². The molecule has 4 aromatic carbocycles. The first-order valence-corrected chi connectivity index (χ1v) is 11.3. The summed E-state index contributed by atoms with van der Waals surface area (Å²) in [7, 11) is 3.08. The lowest BCUT2D eigenvalue weighted by Gasteiger charge is -2.17. The van der Waals surface area contributed by atoms with E-state index in [4.69, 9.17) is 18.9 Å². The molecule has 0 atom stereocenters. The van der Waals surface area contributed by atoms with Gasteiger partial charge in [0.1, 0.15) is 5.75 Å². The molecule has 1 N–H and O–H groups in total. The molecule has 2 aliphatic heterocycles. The Hall–Kier alpha value is -4.72. The number of hydrogen-bond donors (Lipinski definition) is 1. The Bertz CT molecular complexity index is 1550. The van der Waals surface area contributed by atoms with Crippen LogP contribution in [0.2, 0.25) is 0 Å². The molecule has 1 amide bonds. The zero-order chi connectivity index (χ0) is 24.8. The molecule has 0 saturated carbocycles. The summed E-state index contributed by atoms with van der Waals surface area (Å²) in [5.41, 5.74) is 3.14. The molecule has 0 bridgehead atoms. The van der Waals surface area contributed by atoms with Gasteiger partial charge in [-0.3, -0.25) is 4.79 Å². The molecule has 0 aromatic heterocycles. The molecule has 0 spiro atoms. The zero-order valence-electron chi connectivity index (χ0n) is 19.6. The third kappa shape index (κ3) is 3.38. The van der Waals surface area contributed by atoms with Gasteiger partial charge in [0, 0.05) is 16.5 Å². The lowest BCUT2D eigenvalue weighted by atomic mass is 9.89. The maximum Gasteiger partial charge on any atom is 0.275 e. The van der Waals surface area contributed by atoms with Crippen LogP contribution in [0.5, 0.6) is 28.7 Å². The second-order valence-electron chi connectivity index (χ2n) is 8.42. The number of phenolic OH excluding ortho intramolecular Hbond substituents is 1. The quantitative estimate of drug-likeness (QED) is 0.405. The van der Waals surface area contributed by atoms with Crippen molar-refractivity contribution in [2.45, 2.75) is 6.54 Å². The predicted molar refractivity (Wildman–Crippen MR) is 134 cm³/mol. The van der Waals surface area contributed by atoms with Crippen molar-refractivity contribution < 1.29 is 28.8 Å². The number of fused-ring (bicyclic) bond motifs is 3. The minimum atomic E-state index is -0.308. The minimum Gasteiger partial charge on any atom is -0.507 e. The molecule has 8 heteroatoms. The van der Waals surface area contributed by atoms with Gasteiger partial charge in [0.15, 0.2) is 23.0 Å². The standard InChI is InChI=1S/C28H22N2O6/c1-33-22-11-18-19(12-23(22)34-2)27(31)20-14-30(29-13-16-6-4-3-5-7-16)28(32)26(20)25(18)17-8-9-21-24(10-17)36-15-35-21/h3-13,31H,14-15H2,1-2H3. The molecule has 0 fully saturated rings. The smallest absolute Gasteiger partial charge is 0.275 e. The molecule has 0 unspecified atom stereocenters. The van der Waals surface area contributed by atoms with Gasteiger partial charge in [0.25, 0.3) is 5.91 Å². The Labute approximate surface area is 206 Å². The van der Waals surface area contributed by atoms with E-state index < -0.39 is 0 Å². The molecule has 0 radical (unpaired) electrons. The van der Waals surface area contributed by atoms with Gasteiger partial charge in [-0.05, 0) is 40.8 Å². The normalized spacial score (nSPS) is 14.1.